The van der Waals surface area contributed by atoms with E-state index < -0.39 is 12.1 Å². The average molecular weight is 357 g/mol. The van der Waals surface area contributed by atoms with Gasteiger partial charge in [-0.05, 0) is 34.7 Å². The number of aliphatic hydroxyl groups is 1. The van der Waals surface area contributed by atoms with E-state index in [0.717, 1.165) is 3.57 Å². The first-order valence-electron chi connectivity index (χ1n) is 3.38. The topological polar surface area (TPSA) is 57.5 Å². The maximum absolute atomic E-state index is 10.5. The Morgan fingerprint density at radius 3 is 2.62 bits per heavy atom. The Balaban J connectivity index is 3.08. The third kappa shape index (κ3) is 2.65. The Bertz CT molecular complexity index is 340. The van der Waals surface area contributed by atoms with E-state index in [0.29, 0.717) is 10.0 Å². The largest absolute Gasteiger partial charge is 0.479 e. The smallest absolute Gasteiger partial charge is 0.337 e. The van der Waals surface area contributed by atoms with Crippen LogP contribution in [0.5, 0.6) is 0 Å². The van der Waals surface area contributed by atoms with Crippen molar-refractivity contribution in [2.24, 2.45) is 0 Å². The summed E-state index contributed by atoms with van der Waals surface area (Å²) >= 11 is 5.29. The van der Waals surface area contributed by atoms with Gasteiger partial charge < -0.3 is 10.2 Å². The molecule has 0 saturated carbocycles. The number of rotatable bonds is 2. The van der Waals surface area contributed by atoms with Gasteiger partial charge in [-0.25, -0.2) is 4.79 Å². The van der Waals surface area contributed by atoms with E-state index in [4.69, 9.17) is 5.11 Å². The van der Waals surface area contributed by atoms with Gasteiger partial charge in [-0.15, -0.1) is 0 Å². The molecule has 0 aromatic heterocycles. The first kappa shape index (κ1) is 10.9. The van der Waals surface area contributed by atoms with Gasteiger partial charge in [-0.2, -0.15) is 0 Å². The molecule has 2 N–H and O–H groups in total. The number of aliphatic carboxylic acids is 1. The standard InChI is InChI=1S/C8H6BrIO3/c9-6-3-4(10)1-2-5(6)7(11)8(12)13/h1-3,7,11H,(H,12,13). The van der Waals surface area contributed by atoms with Crippen LogP contribution >= 0.6 is 38.5 Å². The van der Waals surface area contributed by atoms with Crippen LogP contribution in [-0.2, 0) is 4.79 Å². The Kier molecular flexibility index (Phi) is 3.69. The SMILES string of the molecule is O=C(O)C(O)c1ccc(I)cc1Br. The number of hydrogen-bond donors (Lipinski definition) is 2. The fourth-order valence-corrected chi connectivity index (χ4v) is 2.37. The van der Waals surface area contributed by atoms with Crippen molar-refractivity contribution >= 4 is 44.5 Å². The molecular formula is C8H6BrIO3. The molecule has 0 radical (unpaired) electrons. The molecule has 1 rings (SSSR count). The molecular weight excluding hydrogens is 351 g/mol. The van der Waals surface area contributed by atoms with E-state index in [1.807, 2.05) is 0 Å². The van der Waals surface area contributed by atoms with Crippen molar-refractivity contribution in [2.75, 3.05) is 0 Å². The van der Waals surface area contributed by atoms with Crippen LogP contribution in [0.15, 0.2) is 22.7 Å². The second-order valence-corrected chi connectivity index (χ2v) is 4.51. The number of benzene rings is 1. The summed E-state index contributed by atoms with van der Waals surface area (Å²) in [6.07, 6.45) is -1.47. The van der Waals surface area contributed by atoms with E-state index in [1.54, 1.807) is 18.2 Å². The molecule has 0 amide bonds. The third-order valence-corrected chi connectivity index (χ3v) is 2.85. The van der Waals surface area contributed by atoms with Crippen molar-refractivity contribution in [3.8, 4) is 0 Å². The van der Waals surface area contributed by atoms with Crippen LogP contribution < -0.4 is 0 Å². The van der Waals surface area contributed by atoms with Crippen LogP contribution in [0.1, 0.15) is 11.7 Å². The zero-order valence-corrected chi connectivity index (χ0v) is 10.1. The fraction of sp³-hybridized carbons (Fsp3) is 0.125. The molecule has 0 bridgehead atoms. The lowest BCUT2D eigenvalue weighted by molar-refractivity contribution is -0.147. The minimum atomic E-state index is -1.47. The molecule has 0 heterocycles. The summed E-state index contributed by atoms with van der Waals surface area (Å²) in [5, 5.41) is 17.8. The van der Waals surface area contributed by atoms with Crippen LogP contribution in [0, 0.1) is 3.57 Å². The van der Waals surface area contributed by atoms with Gasteiger partial charge in [0, 0.05) is 13.6 Å². The van der Waals surface area contributed by atoms with E-state index in [-0.39, 0.29) is 0 Å². The van der Waals surface area contributed by atoms with Gasteiger partial charge in [0.05, 0.1) is 0 Å². The maximum Gasteiger partial charge on any atom is 0.337 e. The second-order valence-electron chi connectivity index (χ2n) is 2.41. The van der Waals surface area contributed by atoms with Gasteiger partial charge in [-0.1, -0.05) is 22.0 Å². The molecule has 3 nitrogen and oxygen atoms in total. The van der Waals surface area contributed by atoms with Gasteiger partial charge in [-0.3, -0.25) is 0 Å². The predicted molar refractivity (Wildman–Crippen MR) is 59.5 cm³/mol. The summed E-state index contributed by atoms with van der Waals surface area (Å²) < 4.78 is 1.58. The summed E-state index contributed by atoms with van der Waals surface area (Å²) in [5.41, 5.74) is 0.368. The lowest BCUT2D eigenvalue weighted by Gasteiger charge is -2.07. The number of aliphatic hydroxyl groups excluding tert-OH is 1. The summed E-state index contributed by atoms with van der Waals surface area (Å²) in [5.74, 6) is -1.25. The van der Waals surface area contributed by atoms with Crippen LogP contribution in [-0.4, -0.2) is 16.2 Å². The van der Waals surface area contributed by atoms with Crippen molar-refractivity contribution in [3.63, 3.8) is 0 Å². The van der Waals surface area contributed by atoms with Crippen LogP contribution in [0.25, 0.3) is 0 Å². The molecule has 70 valence electrons. The number of hydrogen-bond acceptors (Lipinski definition) is 2. The normalized spacial score (nSPS) is 12.5. The van der Waals surface area contributed by atoms with E-state index in [2.05, 4.69) is 38.5 Å². The average Bonchev–Trinajstić information content (AvgIpc) is 2.03. The van der Waals surface area contributed by atoms with E-state index in [1.165, 1.54) is 0 Å². The zero-order chi connectivity index (χ0) is 10.0. The van der Waals surface area contributed by atoms with Gasteiger partial charge in [0.2, 0.25) is 0 Å². The lowest BCUT2D eigenvalue weighted by Crippen LogP contribution is -2.10. The van der Waals surface area contributed by atoms with Crippen molar-refractivity contribution < 1.29 is 15.0 Å². The highest BCUT2D eigenvalue weighted by molar-refractivity contribution is 14.1. The highest BCUT2D eigenvalue weighted by Gasteiger charge is 2.18. The molecule has 5 heteroatoms. The quantitative estimate of drug-likeness (QED) is 0.798. The summed E-state index contributed by atoms with van der Waals surface area (Å²) in [6, 6.07) is 5.08. The van der Waals surface area contributed by atoms with Gasteiger partial charge >= 0.3 is 5.97 Å². The molecule has 1 atom stereocenters. The monoisotopic (exact) mass is 356 g/mol. The second kappa shape index (κ2) is 4.39. The molecule has 1 unspecified atom stereocenters. The number of carboxylic acid groups (broad SMARTS) is 1. The van der Waals surface area contributed by atoms with E-state index >= 15 is 0 Å². The molecule has 0 spiro atoms. The molecule has 13 heavy (non-hydrogen) atoms. The van der Waals surface area contributed by atoms with Crippen LogP contribution in [0.2, 0.25) is 0 Å². The Morgan fingerprint density at radius 2 is 2.15 bits per heavy atom. The zero-order valence-electron chi connectivity index (χ0n) is 6.37. The Morgan fingerprint density at radius 1 is 1.54 bits per heavy atom. The summed E-state index contributed by atoms with van der Waals surface area (Å²) in [7, 11) is 0. The van der Waals surface area contributed by atoms with Gasteiger partial charge in [0.25, 0.3) is 0 Å². The molecule has 0 aliphatic rings. The van der Waals surface area contributed by atoms with Gasteiger partial charge in [0.15, 0.2) is 6.10 Å². The molecule has 1 aromatic rings. The predicted octanol–water partition coefficient (Wildman–Crippen LogP) is 2.17. The van der Waals surface area contributed by atoms with E-state index in [9.17, 15) is 9.90 Å². The Hall–Kier alpha value is -0.140. The highest BCUT2D eigenvalue weighted by Crippen LogP contribution is 2.25. The van der Waals surface area contributed by atoms with Crippen molar-refractivity contribution in [3.05, 3.63) is 31.8 Å². The lowest BCUT2D eigenvalue weighted by atomic mass is 10.1. The number of halogens is 2. The first-order chi connectivity index (χ1) is 6.02. The molecule has 1 aromatic carbocycles. The van der Waals surface area contributed by atoms with Crippen LogP contribution in [0.3, 0.4) is 0 Å². The minimum Gasteiger partial charge on any atom is -0.479 e. The third-order valence-electron chi connectivity index (χ3n) is 1.49. The summed E-state index contributed by atoms with van der Waals surface area (Å²) in [6.45, 7) is 0. The molecule has 0 aliphatic heterocycles. The Labute approximate surface area is 97.0 Å². The number of carboxylic acids is 1. The summed E-state index contributed by atoms with van der Waals surface area (Å²) in [4.78, 5) is 10.5. The van der Waals surface area contributed by atoms with Crippen molar-refractivity contribution in [1.82, 2.24) is 0 Å². The minimum absolute atomic E-state index is 0.368. The van der Waals surface area contributed by atoms with Crippen molar-refractivity contribution in [2.45, 2.75) is 6.10 Å². The maximum atomic E-state index is 10.5. The number of carbonyl (C=O) groups is 1. The van der Waals surface area contributed by atoms with Gasteiger partial charge in [0.1, 0.15) is 0 Å². The molecule has 0 saturated heterocycles. The fourth-order valence-electron chi connectivity index (χ4n) is 0.856. The molecule has 0 aliphatic carbocycles. The van der Waals surface area contributed by atoms with Crippen molar-refractivity contribution in [1.29, 1.82) is 0 Å². The first-order valence-corrected chi connectivity index (χ1v) is 5.25. The molecule has 0 fully saturated rings. The highest BCUT2D eigenvalue weighted by atomic mass is 127. The van der Waals surface area contributed by atoms with Crippen LogP contribution in [0.4, 0.5) is 0 Å².